The number of benzene rings is 1. The van der Waals surface area contributed by atoms with E-state index in [-0.39, 0.29) is 24.0 Å². The highest BCUT2D eigenvalue weighted by atomic mass is 127. The zero-order chi connectivity index (χ0) is 16.8. The van der Waals surface area contributed by atoms with E-state index in [1.54, 1.807) is 0 Å². The first-order chi connectivity index (χ1) is 11.8. The van der Waals surface area contributed by atoms with Crippen LogP contribution in [0.2, 0.25) is 0 Å². The lowest BCUT2D eigenvalue weighted by atomic mass is 10.1. The van der Waals surface area contributed by atoms with Crippen molar-refractivity contribution >= 4 is 52.2 Å². The minimum atomic E-state index is 0. The molecule has 2 aromatic heterocycles. The predicted octanol–water partition coefficient (Wildman–Crippen LogP) is 4.14. The van der Waals surface area contributed by atoms with Crippen LogP contribution in [-0.2, 0) is 12.8 Å². The van der Waals surface area contributed by atoms with Crippen molar-refractivity contribution in [2.75, 3.05) is 27.2 Å². The third-order valence-corrected chi connectivity index (χ3v) is 5.14. The molecule has 0 fully saturated rings. The first-order valence-corrected chi connectivity index (χ1v) is 9.15. The number of halogens is 1. The van der Waals surface area contributed by atoms with Crippen molar-refractivity contribution in [3.8, 4) is 0 Å². The van der Waals surface area contributed by atoms with Crippen molar-refractivity contribution in [1.82, 2.24) is 15.2 Å². The number of hydrogen-bond acceptors (Lipinski definition) is 2. The quantitative estimate of drug-likeness (QED) is 0.325. The van der Waals surface area contributed by atoms with E-state index in [4.69, 9.17) is 0 Å². The van der Waals surface area contributed by atoms with E-state index in [1.165, 1.54) is 21.3 Å². The fourth-order valence-electron chi connectivity index (χ4n) is 2.87. The highest BCUT2D eigenvalue weighted by Crippen LogP contribution is 2.17. The van der Waals surface area contributed by atoms with Gasteiger partial charge in [-0.05, 0) is 35.9 Å². The topological polar surface area (TPSA) is 43.4 Å². The number of hydrogen-bond donors (Lipinski definition) is 2. The molecule has 25 heavy (non-hydrogen) atoms. The molecular weight excluding hydrogens is 443 g/mol. The molecule has 134 valence electrons. The van der Waals surface area contributed by atoms with Gasteiger partial charge >= 0.3 is 0 Å². The van der Waals surface area contributed by atoms with Gasteiger partial charge in [-0.2, -0.15) is 0 Å². The third-order valence-electron chi connectivity index (χ3n) is 4.20. The molecule has 0 saturated heterocycles. The van der Waals surface area contributed by atoms with E-state index in [0.29, 0.717) is 0 Å². The minimum absolute atomic E-state index is 0. The van der Waals surface area contributed by atoms with Crippen LogP contribution in [0, 0.1) is 0 Å². The Balaban J connectivity index is 0.00000225. The molecule has 1 aromatic carbocycles. The van der Waals surface area contributed by atoms with Crippen molar-refractivity contribution < 1.29 is 0 Å². The van der Waals surface area contributed by atoms with Gasteiger partial charge in [0.2, 0.25) is 0 Å². The Morgan fingerprint density at radius 3 is 2.80 bits per heavy atom. The van der Waals surface area contributed by atoms with Crippen LogP contribution in [0.5, 0.6) is 0 Å². The van der Waals surface area contributed by atoms with Crippen LogP contribution in [0.25, 0.3) is 10.9 Å². The highest BCUT2D eigenvalue weighted by Gasteiger charge is 2.07. The van der Waals surface area contributed by atoms with Crippen LogP contribution in [-0.4, -0.2) is 43.0 Å². The summed E-state index contributed by atoms with van der Waals surface area (Å²) in [6.07, 6.45) is 4.13. The first-order valence-electron chi connectivity index (χ1n) is 8.27. The van der Waals surface area contributed by atoms with Crippen molar-refractivity contribution in [3.63, 3.8) is 0 Å². The predicted molar refractivity (Wildman–Crippen MR) is 119 cm³/mol. The van der Waals surface area contributed by atoms with Gasteiger partial charge in [0.1, 0.15) is 0 Å². The number of nitrogens with one attached hydrogen (secondary N) is 2. The number of fused-ring (bicyclic) bond motifs is 1. The Kier molecular flexibility index (Phi) is 7.77. The molecule has 0 bridgehead atoms. The van der Waals surface area contributed by atoms with Crippen molar-refractivity contribution in [3.05, 3.63) is 58.4 Å². The second-order valence-electron chi connectivity index (χ2n) is 5.83. The fraction of sp³-hybridized carbons (Fsp3) is 0.316. The SMILES string of the molecule is CN=C(NCCc1c[nH]c2ccccc12)N(C)CCc1cccs1.I. The maximum Gasteiger partial charge on any atom is 0.193 e. The molecule has 0 aliphatic heterocycles. The Morgan fingerprint density at radius 1 is 1.20 bits per heavy atom. The number of nitrogens with zero attached hydrogens (tertiary/aromatic N) is 2. The summed E-state index contributed by atoms with van der Waals surface area (Å²) in [5.41, 5.74) is 2.54. The molecule has 0 spiro atoms. The summed E-state index contributed by atoms with van der Waals surface area (Å²) >= 11 is 1.81. The fourth-order valence-corrected chi connectivity index (χ4v) is 3.57. The maximum atomic E-state index is 4.40. The zero-order valence-electron chi connectivity index (χ0n) is 14.7. The van der Waals surface area contributed by atoms with Gasteiger partial charge in [0, 0.05) is 49.2 Å². The molecule has 4 nitrogen and oxygen atoms in total. The number of para-hydroxylation sites is 1. The average molecular weight is 468 g/mol. The van der Waals surface area contributed by atoms with E-state index in [1.807, 2.05) is 18.4 Å². The van der Waals surface area contributed by atoms with Crippen LogP contribution in [0.4, 0.5) is 0 Å². The summed E-state index contributed by atoms with van der Waals surface area (Å²) in [7, 11) is 3.93. The van der Waals surface area contributed by atoms with Gasteiger partial charge in [0.15, 0.2) is 5.96 Å². The molecule has 0 aliphatic carbocycles. The Labute approximate surface area is 170 Å². The second kappa shape index (κ2) is 9.82. The van der Waals surface area contributed by atoms with Crippen molar-refractivity contribution in [1.29, 1.82) is 0 Å². The molecule has 3 aromatic rings. The Bertz CT molecular complexity index is 795. The molecule has 0 aliphatic rings. The molecule has 2 N–H and O–H groups in total. The summed E-state index contributed by atoms with van der Waals surface area (Å²) in [5, 5.41) is 6.90. The monoisotopic (exact) mass is 468 g/mol. The van der Waals surface area contributed by atoms with E-state index in [0.717, 1.165) is 31.9 Å². The van der Waals surface area contributed by atoms with Gasteiger partial charge in [-0.25, -0.2) is 0 Å². The first kappa shape index (κ1) is 19.8. The van der Waals surface area contributed by atoms with Gasteiger partial charge < -0.3 is 15.2 Å². The smallest absolute Gasteiger partial charge is 0.193 e. The summed E-state index contributed by atoms with van der Waals surface area (Å²) < 4.78 is 0. The Morgan fingerprint density at radius 2 is 2.04 bits per heavy atom. The summed E-state index contributed by atoms with van der Waals surface area (Å²) in [6.45, 7) is 1.84. The van der Waals surface area contributed by atoms with Crippen LogP contribution >= 0.6 is 35.3 Å². The number of likely N-dealkylation sites (N-methyl/N-ethyl adjacent to an activating group) is 1. The van der Waals surface area contributed by atoms with Gasteiger partial charge in [-0.15, -0.1) is 35.3 Å². The van der Waals surface area contributed by atoms with Gasteiger partial charge in [-0.1, -0.05) is 24.3 Å². The number of thiophene rings is 1. The van der Waals surface area contributed by atoms with Crippen molar-refractivity contribution in [2.45, 2.75) is 12.8 Å². The second-order valence-corrected chi connectivity index (χ2v) is 6.87. The van der Waals surface area contributed by atoms with Crippen molar-refractivity contribution in [2.24, 2.45) is 4.99 Å². The molecule has 0 atom stereocenters. The summed E-state index contributed by atoms with van der Waals surface area (Å²) in [5.74, 6) is 0.950. The van der Waals surface area contributed by atoms with Gasteiger partial charge in [-0.3, -0.25) is 4.99 Å². The average Bonchev–Trinajstić information content (AvgIpc) is 3.26. The number of guanidine groups is 1. The van der Waals surface area contributed by atoms with Gasteiger partial charge in [0.25, 0.3) is 0 Å². The molecule has 0 radical (unpaired) electrons. The largest absolute Gasteiger partial charge is 0.361 e. The molecule has 0 amide bonds. The third kappa shape index (κ3) is 5.22. The van der Waals surface area contributed by atoms with Crippen LogP contribution in [0.1, 0.15) is 10.4 Å². The number of aliphatic imine (C=N–C) groups is 1. The standard InChI is InChI=1S/C19H24N4S.HI/c1-20-19(23(2)12-10-16-6-5-13-24-16)21-11-9-15-14-22-18-8-4-3-7-17(15)18;/h3-8,13-14,22H,9-12H2,1-2H3,(H,20,21);1H. The van der Waals surface area contributed by atoms with E-state index in [9.17, 15) is 0 Å². The zero-order valence-corrected chi connectivity index (χ0v) is 17.8. The van der Waals surface area contributed by atoms with E-state index >= 15 is 0 Å². The van der Waals surface area contributed by atoms with E-state index < -0.39 is 0 Å². The number of aromatic amines is 1. The minimum Gasteiger partial charge on any atom is -0.361 e. The molecular formula is C19H25IN4S. The normalized spacial score (nSPS) is 11.4. The lowest BCUT2D eigenvalue weighted by Crippen LogP contribution is -2.40. The highest BCUT2D eigenvalue weighted by molar-refractivity contribution is 14.0. The van der Waals surface area contributed by atoms with Crippen LogP contribution < -0.4 is 5.32 Å². The molecule has 6 heteroatoms. The molecule has 0 unspecified atom stereocenters. The van der Waals surface area contributed by atoms with E-state index in [2.05, 4.69) is 75.2 Å². The molecule has 0 saturated carbocycles. The summed E-state index contributed by atoms with van der Waals surface area (Å²) in [4.78, 5) is 11.3. The summed E-state index contributed by atoms with van der Waals surface area (Å²) in [6, 6.07) is 12.7. The maximum absolute atomic E-state index is 4.40. The number of rotatable bonds is 6. The Hall–Kier alpha value is -1.54. The van der Waals surface area contributed by atoms with Gasteiger partial charge in [0.05, 0.1) is 0 Å². The molecule has 3 rings (SSSR count). The number of aromatic nitrogens is 1. The lowest BCUT2D eigenvalue weighted by Gasteiger charge is -2.21. The number of H-pyrrole nitrogens is 1. The van der Waals surface area contributed by atoms with Crippen LogP contribution in [0.3, 0.4) is 0 Å². The van der Waals surface area contributed by atoms with Crippen LogP contribution in [0.15, 0.2) is 53.0 Å². The lowest BCUT2D eigenvalue weighted by molar-refractivity contribution is 0.487. The molecule has 2 heterocycles.